The van der Waals surface area contributed by atoms with Crippen LogP contribution in [0.15, 0.2) is 18.2 Å². The van der Waals surface area contributed by atoms with Gasteiger partial charge in [-0.3, -0.25) is 0 Å². The molecule has 3 N–H and O–H groups in total. The summed E-state index contributed by atoms with van der Waals surface area (Å²) in [7, 11) is 1.75. The van der Waals surface area contributed by atoms with Crippen LogP contribution in [0.3, 0.4) is 0 Å². The SMILES string of the molecule is CCc1cc(F)cc([C@@H](N)NC)c1. The molecular formula is C10H15FN2. The summed E-state index contributed by atoms with van der Waals surface area (Å²) in [6.07, 6.45) is 0.530. The first-order valence-corrected chi connectivity index (χ1v) is 4.39. The lowest BCUT2D eigenvalue weighted by molar-refractivity contribution is 0.594. The summed E-state index contributed by atoms with van der Waals surface area (Å²) in [4.78, 5) is 0. The van der Waals surface area contributed by atoms with Crippen molar-refractivity contribution in [2.24, 2.45) is 5.73 Å². The van der Waals surface area contributed by atoms with Crippen LogP contribution in [0.2, 0.25) is 0 Å². The zero-order chi connectivity index (χ0) is 9.84. The maximum Gasteiger partial charge on any atom is 0.123 e. The van der Waals surface area contributed by atoms with Gasteiger partial charge in [0.05, 0.1) is 6.17 Å². The number of aryl methyl sites for hydroxylation is 1. The van der Waals surface area contributed by atoms with Gasteiger partial charge in [0.1, 0.15) is 5.82 Å². The van der Waals surface area contributed by atoms with Gasteiger partial charge in [-0.2, -0.15) is 0 Å². The minimum Gasteiger partial charge on any atom is -0.312 e. The number of benzene rings is 1. The zero-order valence-electron chi connectivity index (χ0n) is 7.97. The summed E-state index contributed by atoms with van der Waals surface area (Å²) in [5, 5.41) is 2.87. The second-order valence-corrected chi connectivity index (χ2v) is 3.01. The van der Waals surface area contributed by atoms with E-state index in [4.69, 9.17) is 5.73 Å². The third kappa shape index (κ3) is 2.50. The second-order valence-electron chi connectivity index (χ2n) is 3.01. The fourth-order valence-electron chi connectivity index (χ4n) is 1.23. The summed E-state index contributed by atoms with van der Waals surface area (Å²) >= 11 is 0. The standard InChI is InChI=1S/C10H15FN2/c1-3-7-4-8(10(12)13-2)6-9(11)5-7/h4-6,10,13H,3,12H2,1-2H3/t10-/m0/s1. The van der Waals surface area contributed by atoms with Crippen LogP contribution in [-0.4, -0.2) is 7.05 Å². The van der Waals surface area contributed by atoms with Crippen LogP contribution in [0.4, 0.5) is 4.39 Å². The molecule has 0 saturated carbocycles. The van der Waals surface area contributed by atoms with Crippen LogP contribution in [0, 0.1) is 5.82 Å². The molecular weight excluding hydrogens is 167 g/mol. The highest BCUT2D eigenvalue weighted by atomic mass is 19.1. The lowest BCUT2D eigenvalue weighted by atomic mass is 10.1. The quantitative estimate of drug-likeness (QED) is 0.696. The Bertz CT molecular complexity index is 286. The van der Waals surface area contributed by atoms with E-state index in [1.807, 2.05) is 13.0 Å². The molecule has 0 fully saturated rings. The molecule has 1 atom stereocenters. The van der Waals surface area contributed by atoms with Gasteiger partial charge in [0.25, 0.3) is 0 Å². The number of hydrogen-bond donors (Lipinski definition) is 2. The highest BCUT2D eigenvalue weighted by Gasteiger charge is 2.05. The molecule has 0 radical (unpaired) electrons. The molecule has 3 heteroatoms. The fourth-order valence-corrected chi connectivity index (χ4v) is 1.23. The summed E-state index contributed by atoms with van der Waals surface area (Å²) in [6.45, 7) is 1.99. The smallest absolute Gasteiger partial charge is 0.123 e. The topological polar surface area (TPSA) is 38.0 Å². The average Bonchev–Trinajstić information content (AvgIpc) is 2.15. The third-order valence-corrected chi connectivity index (χ3v) is 2.06. The molecule has 2 nitrogen and oxygen atoms in total. The van der Waals surface area contributed by atoms with Crippen LogP contribution in [0.25, 0.3) is 0 Å². The summed E-state index contributed by atoms with van der Waals surface area (Å²) < 4.78 is 13.0. The molecule has 72 valence electrons. The fraction of sp³-hybridized carbons (Fsp3) is 0.400. The van der Waals surface area contributed by atoms with E-state index in [1.54, 1.807) is 7.05 Å². The lowest BCUT2D eigenvalue weighted by Crippen LogP contribution is -2.25. The van der Waals surface area contributed by atoms with Crippen molar-refractivity contribution in [1.29, 1.82) is 0 Å². The summed E-state index contributed by atoms with van der Waals surface area (Å²) in [5.41, 5.74) is 7.47. The van der Waals surface area contributed by atoms with Crippen molar-refractivity contribution in [1.82, 2.24) is 5.32 Å². The number of halogens is 1. The molecule has 0 bridgehead atoms. The van der Waals surface area contributed by atoms with Crippen molar-refractivity contribution < 1.29 is 4.39 Å². The van der Waals surface area contributed by atoms with Crippen LogP contribution in [-0.2, 0) is 6.42 Å². The van der Waals surface area contributed by atoms with Gasteiger partial charge in [-0.15, -0.1) is 0 Å². The molecule has 0 heterocycles. The summed E-state index contributed by atoms with van der Waals surface area (Å²) in [5.74, 6) is -0.222. The predicted octanol–water partition coefficient (Wildman–Crippen LogP) is 1.56. The van der Waals surface area contributed by atoms with Gasteiger partial charge in [-0.25, -0.2) is 4.39 Å². The number of hydrogen-bond acceptors (Lipinski definition) is 2. The number of nitrogens with one attached hydrogen (secondary N) is 1. The molecule has 0 aromatic heterocycles. The van der Waals surface area contributed by atoms with Gasteiger partial charge in [0.2, 0.25) is 0 Å². The maximum absolute atomic E-state index is 13.0. The zero-order valence-corrected chi connectivity index (χ0v) is 7.97. The van der Waals surface area contributed by atoms with E-state index in [1.165, 1.54) is 12.1 Å². The van der Waals surface area contributed by atoms with Crippen molar-refractivity contribution in [3.8, 4) is 0 Å². The van der Waals surface area contributed by atoms with Gasteiger partial charge in [-0.05, 0) is 36.7 Å². The van der Waals surface area contributed by atoms with Crippen molar-refractivity contribution in [2.75, 3.05) is 7.05 Å². The highest BCUT2D eigenvalue weighted by Crippen LogP contribution is 2.13. The second kappa shape index (κ2) is 4.35. The average molecular weight is 182 g/mol. The van der Waals surface area contributed by atoms with Crippen LogP contribution in [0.1, 0.15) is 24.2 Å². The Balaban J connectivity index is 3.01. The first-order chi connectivity index (χ1) is 6.17. The van der Waals surface area contributed by atoms with E-state index in [9.17, 15) is 4.39 Å². The first kappa shape index (κ1) is 10.2. The number of nitrogens with two attached hydrogens (primary N) is 1. The Labute approximate surface area is 77.9 Å². The van der Waals surface area contributed by atoms with E-state index in [0.29, 0.717) is 0 Å². The molecule has 0 spiro atoms. The molecule has 1 rings (SSSR count). The molecule has 1 aromatic rings. The van der Waals surface area contributed by atoms with E-state index in [-0.39, 0.29) is 12.0 Å². The largest absolute Gasteiger partial charge is 0.312 e. The molecule has 0 aliphatic heterocycles. The Morgan fingerprint density at radius 3 is 2.69 bits per heavy atom. The van der Waals surface area contributed by atoms with E-state index in [0.717, 1.165) is 17.5 Å². The first-order valence-electron chi connectivity index (χ1n) is 4.39. The monoisotopic (exact) mass is 182 g/mol. The van der Waals surface area contributed by atoms with Crippen LogP contribution in [0.5, 0.6) is 0 Å². The molecule has 0 aliphatic carbocycles. The molecule has 0 amide bonds. The minimum atomic E-state index is -0.291. The van der Waals surface area contributed by atoms with Crippen LogP contribution < -0.4 is 11.1 Å². The summed E-state index contributed by atoms with van der Waals surface area (Å²) in [6, 6.07) is 4.91. The van der Waals surface area contributed by atoms with Crippen molar-refractivity contribution in [3.63, 3.8) is 0 Å². The maximum atomic E-state index is 13.0. The third-order valence-electron chi connectivity index (χ3n) is 2.06. The van der Waals surface area contributed by atoms with Gasteiger partial charge in [-0.1, -0.05) is 13.0 Å². The Hall–Kier alpha value is -0.930. The van der Waals surface area contributed by atoms with Crippen molar-refractivity contribution in [2.45, 2.75) is 19.5 Å². The van der Waals surface area contributed by atoms with Gasteiger partial charge in [0, 0.05) is 0 Å². The molecule has 13 heavy (non-hydrogen) atoms. The minimum absolute atomic E-state index is 0.222. The van der Waals surface area contributed by atoms with E-state index in [2.05, 4.69) is 5.32 Å². The van der Waals surface area contributed by atoms with Gasteiger partial charge >= 0.3 is 0 Å². The van der Waals surface area contributed by atoms with Crippen molar-refractivity contribution in [3.05, 3.63) is 35.1 Å². The normalized spacial score (nSPS) is 12.9. The highest BCUT2D eigenvalue weighted by molar-refractivity contribution is 5.26. The van der Waals surface area contributed by atoms with Gasteiger partial charge < -0.3 is 11.1 Å². The van der Waals surface area contributed by atoms with E-state index >= 15 is 0 Å². The van der Waals surface area contributed by atoms with Crippen molar-refractivity contribution >= 4 is 0 Å². The Morgan fingerprint density at radius 2 is 2.15 bits per heavy atom. The lowest BCUT2D eigenvalue weighted by Gasteiger charge is -2.11. The molecule has 1 aromatic carbocycles. The predicted molar refractivity (Wildman–Crippen MR) is 51.8 cm³/mol. The Morgan fingerprint density at radius 1 is 1.46 bits per heavy atom. The molecule has 0 saturated heterocycles. The number of rotatable bonds is 3. The molecule has 0 unspecified atom stereocenters. The Kier molecular flexibility index (Phi) is 3.39. The van der Waals surface area contributed by atoms with Crippen LogP contribution >= 0.6 is 0 Å². The molecule has 0 aliphatic rings. The van der Waals surface area contributed by atoms with E-state index < -0.39 is 0 Å². The van der Waals surface area contributed by atoms with Gasteiger partial charge in [0.15, 0.2) is 0 Å².